The fourth-order valence-corrected chi connectivity index (χ4v) is 0.870. The molecule has 0 aromatic carbocycles. The normalized spacial score (nSPS) is 11.1. The topological polar surface area (TPSA) is 81.4 Å². The van der Waals surface area contributed by atoms with E-state index in [1.807, 2.05) is 0 Å². The summed E-state index contributed by atoms with van der Waals surface area (Å²) >= 11 is 0. The Bertz CT molecular complexity index is 389. The Morgan fingerprint density at radius 3 is 2.47 bits per heavy atom. The second-order valence-corrected chi connectivity index (χ2v) is 3.93. The van der Waals surface area contributed by atoms with Gasteiger partial charge in [-0.05, 0) is 26.8 Å². The van der Waals surface area contributed by atoms with E-state index in [1.54, 1.807) is 20.8 Å². The highest BCUT2D eigenvalue weighted by molar-refractivity contribution is 5.87. The van der Waals surface area contributed by atoms with Crippen LogP contribution in [0.5, 0.6) is 0 Å². The van der Waals surface area contributed by atoms with E-state index in [0.29, 0.717) is 4.68 Å². The predicted octanol–water partition coefficient (Wildman–Crippen LogP) is 1.36. The van der Waals surface area contributed by atoms with Gasteiger partial charge in [0.25, 0.3) is 0 Å². The van der Waals surface area contributed by atoms with Gasteiger partial charge in [0.1, 0.15) is 5.60 Å². The third-order valence-electron chi connectivity index (χ3n) is 1.39. The minimum atomic E-state index is -1.25. The molecule has 0 aliphatic carbocycles. The fourth-order valence-electron chi connectivity index (χ4n) is 0.870. The molecule has 0 atom stereocenters. The Balaban J connectivity index is 2.79. The quantitative estimate of drug-likeness (QED) is 0.711. The molecule has 15 heavy (non-hydrogen) atoms. The molecule has 0 fully saturated rings. The van der Waals surface area contributed by atoms with Gasteiger partial charge in [0.2, 0.25) is 0 Å². The van der Waals surface area contributed by atoms with E-state index in [-0.39, 0.29) is 5.69 Å². The van der Waals surface area contributed by atoms with Crippen LogP contribution in [0.15, 0.2) is 12.3 Å². The lowest BCUT2D eigenvalue weighted by atomic mass is 10.2. The third-order valence-corrected chi connectivity index (χ3v) is 1.39. The number of carbonyl (C=O) groups excluding carboxylic acids is 1. The van der Waals surface area contributed by atoms with Gasteiger partial charge in [0.15, 0.2) is 5.69 Å². The average molecular weight is 212 g/mol. The summed E-state index contributed by atoms with van der Waals surface area (Å²) in [6, 6.07) is 1.29. The van der Waals surface area contributed by atoms with Crippen LogP contribution in [-0.4, -0.2) is 32.6 Å². The highest BCUT2D eigenvalue weighted by atomic mass is 16.6. The molecule has 0 aliphatic heterocycles. The minimum Gasteiger partial charge on any atom is -0.463 e. The number of rotatable bonds is 1. The molecule has 0 amide bonds. The van der Waals surface area contributed by atoms with Crippen molar-refractivity contribution in [1.29, 1.82) is 0 Å². The summed E-state index contributed by atoms with van der Waals surface area (Å²) in [4.78, 5) is 21.9. The lowest BCUT2D eigenvalue weighted by Crippen LogP contribution is -2.24. The molecule has 6 heteroatoms. The van der Waals surface area contributed by atoms with Gasteiger partial charge in [0, 0.05) is 6.20 Å². The second-order valence-electron chi connectivity index (χ2n) is 3.93. The Hall–Kier alpha value is -1.85. The van der Waals surface area contributed by atoms with E-state index >= 15 is 0 Å². The first kappa shape index (κ1) is 11.2. The highest BCUT2D eigenvalue weighted by Gasteiger charge is 2.20. The average Bonchev–Trinajstić information content (AvgIpc) is 2.47. The van der Waals surface area contributed by atoms with Crippen LogP contribution in [0.3, 0.4) is 0 Å². The van der Waals surface area contributed by atoms with Crippen LogP contribution < -0.4 is 0 Å². The van der Waals surface area contributed by atoms with Crippen molar-refractivity contribution < 1.29 is 19.4 Å². The molecule has 6 nitrogen and oxygen atoms in total. The molecule has 1 aromatic heterocycles. The molecule has 0 saturated carbocycles. The van der Waals surface area contributed by atoms with Gasteiger partial charge in [-0.2, -0.15) is 9.78 Å². The van der Waals surface area contributed by atoms with Crippen LogP contribution in [0.2, 0.25) is 0 Å². The summed E-state index contributed by atoms with van der Waals surface area (Å²) in [6.45, 7) is 5.16. The Morgan fingerprint density at radius 2 is 2.07 bits per heavy atom. The van der Waals surface area contributed by atoms with Crippen LogP contribution in [0.4, 0.5) is 4.79 Å². The summed E-state index contributed by atoms with van der Waals surface area (Å²) in [5, 5.41) is 12.1. The molecule has 1 rings (SSSR count). The van der Waals surface area contributed by atoms with Crippen molar-refractivity contribution in [2.45, 2.75) is 26.4 Å². The number of carbonyl (C=O) groups is 2. The molecule has 82 valence electrons. The van der Waals surface area contributed by atoms with Crippen molar-refractivity contribution in [3.63, 3.8) is 0 Å². The number of ether oxygens (including phenoxy) is 1. The lowest BCUT2D eigenvalue weighted by molar-refractivity contribution is 0.00624. The van der Waals surface area contributed by atoms with Gasteiger partial charge >= 0.3 is 12.1 Å². The first-order valence-electron chi connectivity index (χ1n) is 4.32. The molecule has 1 heterocycles. The lowest BCUT2D eigenvalue weighted by Gasteiger charge is -2.18. The number of carboxylic acid groups (broad SMARTS) is 1. The first-order valence-corrected chi connectivity index (χ1v) is 4.32. The molecule has 0 saturated heterocycles. The predicted molar refractivity (Wildman–Crippen MR) is 50.8 cm³/mol. The van der Waals surface area contributed by atoms with E-state index in [4.69, 9.17) is 9.84 Å². The molecule has 1 N–H and O–H groups in total. The maximum absolute atomic E-state index is 11.4. The SMILES string of the molecule is CC(C)(C)OC(=O)c1ccn(C(=O)O)n1. The third kappa shape index (κ3) is 3.08. The maximum atomic E-state index is 11.4. The summed E-state index contributed by atoms with van der Waals surface area (Å²) < 4.78 is 5.66. The van der Waals surface area contributed by atoms with Crippen LogP contribution in [0.25, 0.3) is 0 Å². The smallest absolute Gasteiger partial charge is 0.432 e. The standard InChI is InChI=1S/C9H12N2O4/c1-9(2,3)15-7(12)6-4-5-11(10-6)8(13)14/h4-5H,1-3H3,(H,13,14). The zero-order valence-electron chi connectivity index (χ0n) is 8.72. The molecule has 0 spiro atoms. The van der Waals surface area contributed by atoms with E-state index < -0.39 is 17.7 Å². The van der Waals surface area contributed by atoms with Crippen molar-refractivity contribution in [2.24, 2.45) is 0 Å². The van der Waals surface area contributed by atoms with Gasteiger partial charge in [-0.1, -0.05) is 0 Å². The van der Waals surface area contributed by atoms with Gasteiger partial charge in [-0.25, -0.2) is 9.59 Å². The van der Waals surface area contributed by atoms with Crippen LogP contribution >= 0.6 is 0 Å². The van der Waals surface area contributed by atoms with Crippen molar-refractivity contribution >= 4 is 12.1 Å². The summed E-state index contributed by atoms with van der Waals surface area (Å²) in [5.41, 5.74) is -0.642. The van der Waals surface area contributed by atoms with Crippen LogP contribution in [0, 0.1) is 0 Å². The molecular formula is C9H12N2O4. The van der Waals surface area contributed by atoms with Crippen molar-refractivity contribution in [3.05, 3.63) is 18.0 Å². The number of nitrogens with zero attached hydrogens (tertiary/aromatic N) is 2. The molecule has 0 bridgehead atoms. The number of hydrogen-bond acceptors (Lipinski definition) is 4. The molecule has 0 unspecified atom stereocenters. The number of esters is 1. The van der Waals surface area contributed by atoms with E-state index in [1.165, 1.54) is 12.3 Å². The molecule has 0 aliphatic rings. The number of aromatic nitrogens is 2. The Kier molecular flexibility index (Phi) is 2.78. The monoisotopic (exact) mass is 212 g/mol. The molecule has 0 radical (unpaired) electrons. The van der Waals surface area contributed by atoms with Gasteiger partial charge in [-0.15, -0.1) is 0 Å². The van der Waals surface area contributed by atoms with E-state index in [2.05, 4.69) is 5.10 Å². The van der Waals surface area contributed by atoms with Crippen molar-refractivity contribution in [1.82, 2.24) is 9.78 Å². The highest BCUT2D eigenvalue weighted by Crippen LogP contribution is 2.10. The summed E-state index contributed by atoms with van der Waals surface area (Å²) in [6.07, 6.45) is -0.0634. The van der Waals surface area contributed by atoms with Crippen molar-refractivity contribution in [2.75, 3.05) is 0 Å². The van der Waals surface area contributed by atoms with Gasteiger partial charge < -0.3 is 9.84 Å². The zero-order valence-corrected chi connectivity index (χ0v) is 8.72. The fraction of sp³-hybridized carbons (Fsp3) is 0.444. The van der Waals surface area contributed by atoms with Gasteiger partial charge in [0.05, 0.1) is 0 Å². The Labute approximate surface area is 86.5 Å². The molecule has 1 aromatic rings. The largest absolute Gasteiger partial charge is 0.463 e. The number of hydrogen-bond donors (Lipinski definition) is 1. The van der Waals surface area contributed by atoms with Gasteiger partial charge in [-0.3, -0.25) is 0 Å². The van der Waals surface area contributed by atoms with Crippen molar-refractivity contribution in [3.8, 4) is 0 Å². The zero-order chi connectivity index (χ0) is 11.6. The summed E-state index contributed by atoms with van der Waals surface area (Å²) in [7, 11) is 0. The van der Waals surface area contributed by atoms with E-state index in [9.17, 15) is 9.59 Å². The molecular weight excluding hydrogens is 200 g/mol. The maximum Gasteiger partial charge on any atom is 0.432 e. The van der Waals surface area contributed by atoms with Crippen LogP contribution in [-0.2, 0) is 4.74 Å². The first-order chi connectivity index (χ1) is 6.79. The van der Waals surface area contributed by atoms with Crippen LogP contribution in [0.1, 0.15) is 31.3 Å². The minimum absolute atomic E-state index is 0.0210. The Morgan fingerprint density at radius 1 is 1.47 bits per heavy atom. The second kappa shape index (κ2) is 3.72. The van der Waals surface area contributed by atoms with E-state index in [0.717, 1.165) is 0 Å². The summed E-state index contributed by atoms with van der Waals surface area (Å²) in [5.74, 6) is -0.637.